The van der Waals surface area contributed by atoms with Gasteiger partial charge < -0.3 is 14.8 Å². The monoisotopic (exact) mass is 364 g/mol. The molecule has 1 aromatic carbocycles. The average molecular weight is 364 g/mol. The van der Waals surface area contributed by atoms with Gasteiger partial charge in [0, 0.05) is 43.9 Å². The molecule has 2 saturated heterocycles. The molecule has 5 nitrogen and oxygen atoms in total. The van der Waals surface area contributed by atoms with Crippen molar-refractivity contribution in [1.29, 1.82) is 0 Å². The molecular formula is C20H29FN2O3. The van der Waals surface area contributed by atoms with E-state index < -0.39 is 0 Å². The van der Waals surface area contributed by atoms with Gasteiger partial charge in [-0.15, -0.1) is 0 Å². The molecule has 0 aromatic heterocycles. The zero-order valence-electron chi connectivity index (χ0n) is 15.5. The van der Waals surface area contributed by atoms with Crippen LogP contribution in [0.25, 0.3) is 0 Å². The third-order valence-corrected chi connectivity index (χ3v) is 5.43. The number of carbonyl (C=O) groups excluding carboxylic acids is 1. The molecule has 2 fully saturated rings. The highest BCUT2D eigenvalue weighted by atomic mass is 19.1. The van der Waals surface area contributed by atoms with Crippen LogP contribution >= 0.6 is 0 Å². The quantitative estimate of drug-likeness (QED) is 0.841. The molecule has 1 N–H and O–H groups in total. The Morgan fingerprint density at radius 3 is 2.69 bits per heavy atom. The molecule has 2 aliphatic rings. The molecule has 144 valence electrons. The van der Waals surface area contributed by atoms with Crippen LogP contribution in [0.2, 0.25) is 0 Å². The van der Waals surface area contributed by atoms with Crippen LogP contribution in [0.4, 0.5) is 4.39 Å². The topological polar surface area (TPSA) is 50.8 Å². The highest BCUT2D eigenvalue weighted by molar-refractivity contribution is 5.78. The summed E-state index contributed by atoms with van der Waals surface area (Å²) in [5.41, 5.74) is 0.606. The van der Waals surface area contributed by atoms with Crippen LogP contribution in [0.5, 0.6) is 0 Å². The Balaban J connectivity index is 1.51. The number of benzene rings is 1. The van der Waals surface area contributed by atoms with E-state index in [1.807, 2.05) is 18.0 Å². The van der Waals surface area contributed by atoms with Crippen molar-refractivity contribution in [2.75, 3.05) is 40.0 Å². The first-order valence-corrected chi connectivity index (χ1v) is 9.50. The van der Waals surface area contributed by atoms with Crippen molar-refractivity contribution in [3.8, 4) is 0 Å². The summed E-state index contributed by atoms with van der Waals surface area (Å²) in [6, 6.07) is 6.84. The Hall–Kier alpha value is -1.50. The number of nitrogens with zero attached hydrogens (tertiary/aromatic N) is 1. The Bertz CT molecular complexity index is 592. The number of ether oxygens (including phenoxy) is 2. The third-order valence-electron chi connectivity index (χ3n) is 5.43. The fourth-order valence-corrected chi connectivity index (χ4v) is 4.02. The lowest BCUT2D eigenvalue weighted by Crippen LogP contribution is -2.51. The van der Waals surface area contributed by atoms with Gasteiger partial charge in [0.1, 0.15) is 5.82 Å². The van der Waals surface area contributed by atoms with Gasteiger partial charge in [0.25, 0.3) is 0 Å². The number of rotatable bonds is 6. The van der Waals surface area contributed by atoms with Gasteiger partial charge in [-0.2, -0.15) is 0 Å². The summed E-state index contributed by atoms with van der Waals surface area (Å²) in [5, 5.41) is 3.20. The zero-order chi connectivity index (χ0) is 18.4. The smallest absolute Gasteiger partial charge is 0.234 e. The summed E-state index contributed by atoms with van der Waals surface area (Å²) in [7, 11) is 1.84. The van der Waals surface area contributed by atoms with Gasteiger partial charge >= 0.3 is 0 Å². The Kier molecular flexibility index (Phi) is 7.00. The van der Waals surface area contributed by atoms with Crippen molar-refractivity contribution in [2.45, 2.75) is 31.8 Å². The third kappa shape index (κ3) is 5.25. The number of hydrogen-bond donors (Lipinski definition) is 1. The van der Waals surface area contributed by atoms with Crippen molar-refractivity contribution in [3.05, 3.63) is 35.6 Å². The van der Waals surface area contributed by atoms with Crippen LogP contribution in [0.3, 0.4) is 0 Å². The second-order valence-corrected chi connectivity index (χ2v) is 7.41. The highest BCUT2D eigenvalue weighted by Crippen LogP contribution is 2.30. The predicted molar refractivity (Wildman–Crippen MR) is 97.1 cm³/mol. The molecule has 3 rings (SSSR count). The summed E-state index contributed by atoms with van der Waals surface area (Å²) in [6.07, 6.45) is 2.92. The van der Waals surface area contributed by atoms with Gasteiger partial charge in [-0.25, -0.2) is 4.39 Å². The van der Waals surface area contributed by atoms with E-state index in [0.717, 1.165) is 32.5 Å². The minimum atomic E-state index is -0.233. The number of hydrogen-bond acceptors (Lipinski definition) is 4. The first kappa shape index (κ1) is 19.3. The van der Waals surface area contributed by atoms with E-state index in [0.29, 0.717) is 37.2 Å². The van der Waals surface area contributed by atoms with Gasteiger partial charge in [-0.05, 0) is 38.3 Å². The summed E-state index contributed by atoms with van der Waals surface area (Å²) in [6.45, 7) is 3.67. The lowest BCUT2D eigenvalue weighted by molar-refractivity contribution is -0.124. The number of nitrogens with one attached hydrogen (secondary N) is 1. The first-order chi connectivity index (χ1) is 12.6. The number of amides is 1. The maximum absolute atomic E-state index is 13.8. The van der Waals surface area contributed by atoms with Crippen molar-refractivity contribution < 1.29 is 18.7 Å². The molecule has 0 saturated carbocycles. The van der Waals surface area contributed by atoms with Crippen LogP contribution in [0, 0.1) is 17.7 Å². The standard InChI is InChI=1S/C20H29FN2O3/c1-23(12-16-4-2-3-5-18(16)21)13-20(24)22-19-8-11-26-14-17(19)15-6-9-25-10-7-15/h2-5,15,17,19H,6-14H2,1H3,(H,22,24)/t17-,19-/m0/s1. The van der Waals surface area contributed by atoms with Crippen molar-refractivity contribution in [1.82, 2.24) is 10.2 Å². The van der Waals surface area contributed by atoms with Crippen LogP contribution < -0.4 is 5.32 Å². The van der Waals surface area contributed by atoms with Crippen molar-refractivity contribution in [3.63, 3.8) is 0 Å². The Morgan fingerprint density at radius 1 is 1.19 bits per heavy atom. The van der Waals surface area contributed by atoms with Crippen LogP contribution in [0.1, 0.15) is 24.8 Å². The number of carbonyl (C=O) groups is 1. The first-order valence-electron chi connectivity index (χ1n) is 9.50. The van der Waals surface area contributed by atoms with Crippen LogP contribution in [-0.2, 0) is 20.8 Å². The number of likely N-dealkylation sites (N-methyl/N-ethyl adjacent to an activating group) is 1. The fraction of sp³-hybridized carbons (Fsp3) is 0.650. The summed E-state index contributed by atoms with van der Waals surface area (Å²) >= 11 is 0. The lowest BCUT2D eigenvalue weighted by atomic mass is 9.79. The summed E-state index contributed by atoms with van der Waals surface area (Å²) in [5.74, 6) is 0.663. The van der Waals surface area contributed by atoms with E-state index in [4.69, 9.17) is 9.47 Å². The minimum absolute atomic E-state index is 0.00667. The molecule has 6 heteroatoms. The van der Waals surface area contributed by atoms with E-state index >= 15 is 0 Å². The maximum Gasteiger partial charge on any atom is 0.234 e. The SMILES string of the molecule is CN(CC(=O)N[C@H]1CCOC[C@H]1C1CCOCC1)Cc1ccccc1F. The van der Waals surface area contributed by atoms with E-state index in [1.54, 1.807) is 12.1 Å². The molecule has 26 heavy (non-hydrogen) atoms. The molecule has 0 radical (unpaired) electrons. The average Bonchev–Trinajstić information content (AvgIpc) is 2.64. The lowest BCUT2D eigenvalue weighted by Gasteiger charge is -2.39. The van der Waals surface area contributed by atoms with Gasteiger partial charge in [-0.3, -0.25) is 9.69 Å². The fourth-order valence-electron chi connectivity index (χ4n) is 4.02. The molecule has 2 aliphatic heterocycles. The van der Waals surface area contributed by atoms with Crippen molar-refractivity contribution in [2.24, 2.45) is 11.8 Å². The van der Waals surface area contributed by atoms with Gasteiger partial charge in [0.2, 0.25) is 5.91 Å². The molecule has 2 atom stereocenters. The highest BCUT2D eigenvalue weighted by Gasteiger charge is 2.34. The minimum Gasteiger partial charge on any atom is -0.381 e. The van der Waals surface area contributed by atoms with E-state index in [1.165, 1.54) is 6.07 Å². The predicted octanol–water partition coefficient (Wildman–Crippen LogP) is 2.21. The zero-order valence-corrected chi connectivity index (χ0v) is 15.5. The van der Waals surface area contributed by atoms with Crippen LogP contribution in [-0.4, -0.2) is 56.9 Å². The van der Waals surface area contributed by atoms with E-state index in [2.05, 4.69) is 5.32 Å². The molecule has 1 aromatic rings. The van der Waals surface area contributed by atoms with Gasteiger partial charge in [0.05, 0.1) is 13.2 Å². The Labute approximate surface area is 154 Å². The van der Waals surface area contributed by atoms with E-state index in [9.17, 15) is 9.18 Å². The molecule has 2 heterocycles. The maximum atomic E-state index is 13.8. The van der Waals surface area contributed by atoms with Gasteiger partial charge in [0.15, 0.2) is 0 Å². The molecule has 1 amide bonds. The van der Waals surface area contributed by atoms with E-state index in [-0.39, 0.29) is 24.3 Å². The van der Waals surface area contributed by atoms with Crippen LogP contribution in [0.15, 0.2) is 24.3 Å². The molecular weight excluding hydrogens is 335 g/mol. The Morgan fingerprint density at radius 2 is 1.92 bits per heavy atom. The largest absolute Gasteiger partial charge is 0.381 e. The molecule has 0 spiro atoms. The van der Waals surface area contributed by atoms with Crippen molar-refractivity contribution >= 4 is 5.91 Å². The second kappa shape index (κ2) is 9.44. The molecule has 0 unspecified atom stereocenters. The summed E-state index contributed by atoms with van der Waals surface area (Å²) in [4.78, 5) is 14.4. The second-order valence-electron chi connectivity index (χ2n) is 7.41. The molecule has 0 aliphatic carbocycles. The normalized spacial score (nSPS) is 24.6. The molecule has 0 bridgehead atoms. The number of halogens is 1. The summed E-state index contributed by atoms with van der Waals surface area (Å²) < 4.78 is 24.9. The van der Waals surface area contributed by atoms with Gasteiger partial charge in [-0.1, -0.05) is 18.2 Å².